The maximum Gasteiger partial charge on any atom is 0.0543 e. The number of nitrogens with one attached hydrogen (secondary N) is 1. The van der Waals surface area contributed by atoms with Crippen LogP contribution < -0.4 is 11.3 Å². The number of hydrazine groups is 1. The molecule has 0 fully saturated rings. The molecule has 0 aromatic heterocycles. The molecule has 0 saturated carbocycles. The lowest BCUT2D eigenvalue weighted by molar-refractivity contribution is 0.106. The highest BCUT2D eigenvalue weighted by atomic mass is 35.5. The van der Waals surface area contributed by atoms with E-state index in [2.05, 4.69) is 5.43 Å². The average Bonchev–Trinajstić information content (AvgIpc) is 2.37. The Labute approximate surface area is 119 Å². The molecule has 0 aliphatic heterocycles. The molecule has 0 aliphatic carbocycles. The van der Waals surface area contributed by atoms with Crippen molar-refractivity contribution in [1.29, 1.82) is 0 Å². The summed E-state index contributed by atoms with van der Waals surface area (Å²) in [6.45, 7) is 2.04. The minimum absolute atomic E-state index is 0.165. The molecule has 0 amide bonds. The molecule has 5 heteroatoms. The predicted octanol–water partition coefficient (Wildman–Crippen LogP) is 3.18. The molecule has 0 saturated heterocycles. The predicted molar refractivity (Wildman–Crippen MR) is 77.0 cm³/mol. The molecule has 0 spiro atoms. The zero-order valence-electron chi connectivity index (χ0n) is 10.7. The number of ether oxygens (including phenoxy) is 1. The Morgan fingerprint density at radius 1 is 1.33 bits per heavy atom. The minimum atomic E-state index is 0.165. The number of methoxy groups -OCH3 is 1. The van der Waals surface area contributed by atoms with Gasteiger partial charge < -0.3 is 4.74 Å². The van der Waals surface area contributed by atoms with Crippen molar-refractivity contribution in [3.63, 3.8) is 0 Å². The lowest BCUT2D eigenvalue weighted by atomic mass is 10.0. The molecular formula is C13H20Cl2N2O. The van der Waals surface area contributed by atoms with Gasteiger partial charge in [-0.05, 0) is 49.9 Å². The Kier molecular flexibility index (Phi) is 6.97. The van der Waals surface area contributed by atoms with Gasteiger partial charge in [-0.25, -0.2) is 0 Å². The summed E-state index contributed by atoms with van der Waals surface area (Å²) in [5.74, 6) is 5.57. The molecule has 1 aromatic carbocycles. The van der Waals surface area contributed by atoms with Crippen molar-refractivity contribution in [1.82, 2.24) is 5.43 Å². The van der Waals surface area contributed by atoms with Crippen molar-refractivity contribution in [2.75, 3.05) is 7.11 Å². The minimum Gasteiger partial charge on any atom is -0.382 e. The fraction of sp³-hybridized carbons (Fsp3) is 0.538. The topological polar surface area (TPSA) is 47.3 Å². The van der Waals surface area contributed by atoms with Gasteiger partial charge in [0.2, 0.25) is 0 Å². The first-order valence-electron chi connectivity index (χ1n) is 5.99. The zero-order valence-corrected chi connectivity index (χ0v) is 12.3. The molecule has 1 aromatic rings. The molecular weight excluding hydrogens is 271 g/mol. The Hall–Kier alpha value is -0.320. The van der Waals surface area contributed by atoms with E-state index < -0.39 is 0 Å². The largest absolute Gasteiger partial charge is 0.382 e. The fourth-order valence-corrected chi connectivity index (χ4v) is 2.15. The number of hydrogen-bond donors (Lipinski definition) is 2. The van der Waals surface area contributed by atoms with Crippen molar-refractivity contribution in [2.24, 2.45) is 5.84 Å². The average molecular weight is 291 g/mol. The molecule has 0 aliphatic rings. The van der Waals surface area contributed by atoms with Crippen LogP contribution in [-0.4, -0.2) is 19.3 Å². The lowest BCUT2D eigenvalue weighted by Gasteiger charge is -2.18. The summed E-state index contributed by atoms with van der Waals surface area (Å²) in [6, 6.07) is 5.64. The number of benzene rings is 1. The normalized spacial score (nSPS) is 14.5. The molecule has 18 heavy (non-hydrogen) atoms. The van der Waals surface area contributed by atoms with E-state index in [0.717, 1.165) is 29.8 Å². The molecule has 3 N–H and O–H groups in total. The van der Waals surface area contributed by atoms with Gasteiger partial charge in [-0.1, -0.05) is 23.2 Å². The third-order valence-corrected chi connectivity index (χ3v) is 3.64. The Bertz CT molecular complexity index is 374. The van der Waals surface area contributed by atoms with Gasteiger partial charge in [-0.2, -0.15) is 0 Å². The summed E-state index contributed by atoms with van der Waals surface area (Å²) in [5, 5.41) is 1.41. The second kappa shape index (κ2) is 7.97. The Morgan fingerprint density at radius 3 is 2.67 bits per heavy atom. The van der Waals surface area contributed by atoms with E-state index in [1.54, 1.807) is 13.2 Å². The summed E-state index contributed by atoms with van der Waals surface area (Å²) in [6.07, 6.45) is 2.86. The SMILES string of the molecule is COC(C)CCC(Cc1cc(Cl)ccc1Cl)NN. The second-order valence-corrected chi connectivity index (χ2v) is 5.27. The monoisotopic (exact) mass is 290 g/mol. The number of hydrogen-bond acceptors (Lipinski definition) is 3. The van der Waals surface area contributed by atoms with Gasteiger partial charge in [0, 0.05) is 23.2 Å². The van der Waals surface area contributed by atoms with Gasteiger partial charge in [0.15, 0.2) is 0 Å². The van der Waals surface area contributed by atoms with Gasteiger partial charge in [0.1, 0.15) is 0 Å². The van der Waals surface area contributed by atoms with E-state index in [9.17, 15) is 0 Å². The standard InChI is InChI=1S/C13H20Cl2N2O/c1-9(18-2)3-5-12(17-16)8-10-7-11(14)4-6-13(10)15/h4,6-7,9,12,17H,3,5,8,16H2,1-2H3. The van der Waals surface area contributed by atoms with Crippen LogP contribution in [-0.2, 0) is 11.2 Å². The van der Waals surface area contributed by atoms with Gasteiger partial charge >= 0.3 is 0 Å². The third-order valence-electron chi connectivity index (χ3n) is 3.03. The van der Waals surface area contributed by atoms with Gasteiger partial charge in [0.05, 0.1) is 6.10 Å². The summed E-state index contributed by atoms with van der Waals surface area (Å²) < 4.78 is 5.22. The zero-order chi connectivity index (χ0) is 13.5. The highest BCUT2D eigenvalue weighted by Crippen LogP contribution is 2.22. The molecule has 0 heterocycles. The first-order chi connectivity index (χ1) is 8.56. The van der Waals surface area contributed by atoms with Gasteiger partial charge in [-0.15, -0.1) is 0 Å². The van der Waals surface area contributed by atoms with E-state index in [1.807, 2.05) is 19.1 Å². The molecule has 0 bridgehead atoms. The number of nitrogens with two attached hydrogens (primary N) is 1. The Morgan fingerprint density at radius 2 is 2.06 bits per heavy atom. The summed E-state index contributed by atoms with van der Waals surface area (Å²) in [5.41, 5.74) is 3.83. The van der Waals surface area contributed by atoms with Crippen molar-refractivity contribution in [3.8, 4) is 0 Å². The van der Waals surface area contributed by atoms with E-state index in [1.165, 1.54) is 0 Å². The highest BCUT2D eigenvalue weighted by molar-refractivity contribution is 6.33. The summed E-state index contributed by atoms with van der Waals surface area (Å²) >= 11 is 12.1. The van der Waals surface area contributed by atoms with Crippen LogP contribution in [0.1, 0.15) is 25.3 Å². The highest BCUT2D eigenvalue weighted by Gasteiger charge is 2.12. The van der Waals surface area contributed by atoms with Crippen LogP contribution in [0.15, 0.2) is 18.2 Å². The van der Waals surface area contributed by atoms with Crippen molar-refractivity contribution in [3.05, 3.63) is 33.8 Å². The van der Waals surface area contributed by atoms with Gasteiger partial charge in [-0.3, -0.25) is 11.3 Å². The quantitative estimate of drug-likeness (QED) is 0.599. The maximum atomic E-state index is 6.14. The van der Waals surface area contributed by atoms with Gasteiger partial charge in [0.25, 0.3) is 0 Å². The first kappa shape index (κ1) is 15.7. The molecule has 2 atom stereocenters. The molecule has 102 valence electrons. The maximum absolute atomic E-state index is 6.14. The molecule has 1 rings (SSSR count). The van der Waals surface area contributed by atoms with Crippen LogP contribution in [0.4, 0.5) is 0 Å². The van der Waals surface area contributed by atoms with Crippen LogP contribution in [0.25, 0.3) is 0 Å². The van der Waals surface area contributed by atoms with Crippen LogP contribution in [0.2, 0.25) is 10.0 Å². The van der Waals surface area contributed by atoms with E-state index in [0.29, 0.717) is 5.02 Å². The van der Waals surface area contributed by atoms with E-state index in [-0.39, 0.29) is 12.1 Å². The molecule has 3 nitrogen and oxygen atoms in total. The van der Waals surface area contributed by atoms with Crippen LogP contribution in [0.3, 0.4) is 0 Å². The van der Waals surface area contributed by atoms with Crippen LogP contribution in [0.5, 0.6) is 0 Å². The second-order valence-electron chi connectivity index (χ2n) is 4.43. The van der Waals surface area contributed by atoms with E-state index >= 15 is 0 Å². The Balaban J connectivity index is 2.59. The fourth-order valence-electron chi connectivity index (χ4n) is 1.76. The molecule has 2 unspecified atom stereocenters. The first-order valence-corrected chi connectivity index (χ1v) is 6.75. The van der Waals surface area contributed by atoms with Crippen molar-refractivity contribution < 1.29 is 4.74 Å². The summed E-state index contributed by atoms with van der Waals surface area (Å²) in [7, 11) is 1.71. The van der Waals surface area contributed by atoms with Crippen molar-refractivity contribution in [2.45, 2.75) is 38.3 Å². The lowest BCUT2D eigenvalue weighted by Crippen LogP contribution is -2.37. The summed E-state index contributed by atoms with van der Waals surface area (Å²) in [4.78, 5) is 0. The van der Waals surface area contributed by atoms with Crippen LogP contribution in [0, 0.1) is 0 Å². The van der Waals surface area contributed by atoms with Crippen molar-refractivity contribution >= 4 is 23.2 Å². The third kappa shape index (κ3) is 5.12. The molecule has 0 radical (unpaired) electrons. The number of rotatable bonds is 7. The number of halogens is 2. The van der Waals surface area contributed by atoms with E-state index in [4.69, 9.17) is 33.8 Å². The van der Waals surface area contributed by atoms with Crippen LogP contribution >= 0.6 is 23.2 Å². The smallest absolute Gasteiger partial charge is 0.0543 e.